The molecule has 0 spiro atoms. The van der Waals surface area contributed by atoms with E-state index in [0.717, 1.165) is 96.3 Å². The Kier molecular flexibility index (Phi) is 41.8. The molecule has 0 aliphatic rings. The Labute approximate surface area is 336 Å². The minimum atomic E-state index is -1.28. The van der Waals surface area contributed by atoms with Crippen LogP contribution in [0.5, 0.6) is 0 Å². The number of unbranched alkanes of at least 4 members (excludes halogenated alkanes) is 28. The summed E-state index contributed by atoms with van der Waals surface area (Å²) in [4.78, 5) is 26.9. The van der Waals surface area contributed by atoms with E-state index in [4.69, 9.17) is 9.84 Å². The van der Waals surface area contributed by atoms with Gasteiger partial charge in [-0.3, -0.25) is 9.59 Å². The van der Waals surface area contributed by atoms with Crippen molar-refractivity contribution in [2.45, 2.75) is 257 Å². The van der Waals surface area contributed by atoms with E-state index in [-0.39, 0.29) is 18.2 Å². The summed E-state index contributed by atoms with van der Waals surface area (Å²) in [6.07, 6.45) is 47.8. The molecule has 54 heavy (non-hydrogen) atoms. The van der Waals surface area contributed by atoms with Gasteiger partial charge in [-0.25, -0.2) is 0 Å². The third-order valence-corrected chi connectivity index (χ3v) is 11.3. The van der Waals surface area contributed by atoms with Crippen LogP contribution in [0.4, 0.5) is 0 Å². The Morgan fingerprint density at radius 1 is 0.463 bits per heavy atom. The lowest BCUT2D eigenvalue weighted by molar-refractivity contribution is -0.144. The lowest BCUT2D eigenvalue weighted by Gasteiger charge is -2.28. The number of allylic oxidation sites excluding steroid dienone is 4. The van der Waals surface area contributed by atoms with Crippen molar-refractivity contribution in [1.82, 2.24) is 0 Å². The zero-order chi connectivity index (χ0) is 39.6. The van der Waals surface area contributed by atoms with Crippen LogP contribution in [0, 0.1) is 5.92 Å². The predicted octanol–water partition coefficient (Wildman–Crippen LogP) is 14.3. The quantitative estimate of drug-likeness (QED) is 0.0477. The standard InChI is InChI=1S/C49H92O5/c1-4-6-8-10-12-14-16-18-20-22-24-26-29-33-37-41-45(51)48(47(54-3)43-39-35-31-28-32-36-40-44-50)49(53)46(52)42-38-34-30-27-25-23-21-19-17-15-13-11-9-7-5-2/h18-21,47-50,53H,4-17,22-44H2,1-3H3/b20-18-,21-19-. The van der Waals surface area contributed by atoms with Crippen LogP contribution in [0.25, 0.3) is 0 Å². The molecule has 3 atom stereocenters. The Hall–Kier alpha value is -1.30. The summed E-state index contributed by atoms with van der Waals surface area (Å²) in [7, 11) is 1.63. The maximum Gasteiger partial charge on any atom is 0.162 e. The number of hydrogen-bond acceptors (Lipinski definition) is 5. The molecule has 0 aliphatic carbocycles. The first-order valence-corrected chi connectivity index (χ1v) is 23.7. The molecule has 0 saturated carbocycles. The van der Waals surface area contributed by atoms with E-state index < -0.39 is 18.1 Å². The molecule has 0 heterocycles. The average Bonchev–Trinajstić information content (AvgIpc) is 3.18. The maximum absolute atomic E-state index is 13.6. The molecular weight excluding hydrogens is 669 g/mol. The fraction of sp³-hybridized carbons (Fsp3) is 0.878. The average molecular weight is 761 g/mol. The SMILES string of the molecule is CCCCCCCC/C=C\CCCCCCCC(=O)C(O)C(C(=O)CCCCCCC/C=C\CCCCCCCC)C(CCCCCCCCCO)OC. The molecule has 2 N–H and O–H groups in total. The van der Waals surface area contributed by atoms with E-state index in [1.54, 1.807) is 7.11 Å². The molecule has 0 radical (unpaired) electrons. The van der Waals surface area contributed by atoms with Gasteiger partial charge < -0.3 is 14.9 Å². The van der Waals surface area contributed by atoms with Crippen LogP contribution in [0.2, 0.25) is 0 Å². The van der Waals surface area contributed by atoms with Gasteiger partial charge in [-0.1, -0.05) is 179 Å². The van der Waals surface area contributed by atoms with Crippen LogP contribution < -0.4 is 0 Å². The van der Waals surface area contributed by atoms with Crippen molar-refractivity contribution in [1.29, 1.82) is 0 Å². The lowest BCUT2D eigenvalue weighted by Crippen LogP contribution is -2.43. The van der Waals surface area contributed by atoms with Crippen molar-refractivity contribution in [2.75, 3.05) is 13.7 Å². The van der Waals surface area contributed by atoms with E-state index in [1.807, 2.05) is 0 Å². The Morgan fingerprint density at radius 3 is 1.19 bits per heavy atom. The van der Waals surface area contributed by atoms with Gasteiger partial charge in [-0.2, -0.15) is 0 Å². The normalized spacial score (nSPS) is 13.6. The summed E-state index contributed by atoms with van der Waals surface area (Å²) >= 11 is 0. The smallest absolute Gasteiger partial charge is 0.162 e. The number of ketones is 2. The highest BCUT2D eigenvalue weighted by atomic mass is 16.5. The predicted molar refractivity (Wildman–Crippen MR) is 233 cm³/mol. The molecule has 3 unspecified atom stereocenters. The Balaban J connectivity index is 4.60. The topological polar surface area (TPSA) is 83.8 Å². The summed E-state index contributed by atoms with van der Waals surface area (Å²) in [5.41, 5.74) is 0. The number of carbonyl (C=O) groups excluding carboxylic acids is 2. The van der Waals surface area contributed by atoms with Gasteiger partial charge in [0.15, 0.2) is 5.78 Å². The first-order chi connectivity index (χ1) is 26.5. The van der Waals surface area contributed by atoms with E-state index >= 15 is 0 Å². The van der Waals surface area contributed by atoms with Gasteiger partial charge in [0.05, 0.1) is 12.0 Å². The highest BCUT2D eigenvalue weighted by Gasteiger charge is 2.37. The van der Waals surface area contributed by atoms with E-state index in [9.17, 15) is 14.7 Å². The van der Waals surface area contributed by atoms with Crippen molar-refractivity contribution in [2.24, 2.45) is 5.92 Å². The van der Waals surface area contributed by atoms with Crippen LogP contribution >= 0.6 is 0 Å². The van der Waals surface area contributed by atoms with Gasteiger partial charge in [0.1, 0.15) is 11.9 Å². The molecule has 0 aliphatic heterocycles. The minimum Gasteiger partial charge on any atom is -0.396 e. The van der Waals surface area contributed by atoms with Crippen LogP contribution in [0.1, 0.15) is 245 Å². The van der Waals surface area contributed by atoms with Crippen molar-refractivity contribution in [3.8, 4) is 0 Å². The van der Waals surface area contributed by atoms with Gasteiger partial charge in [-0.15, -0.1) is 0 Å². The number of ether oxygens (including phenoxy) is 1. The van der Waals surface area contributed by atoms with E-state index in [0.29, 0.717) is 19.3 Å². The molecule has 0 rings (SSSR count). The van der Waals surface area contributed by atoms with E-state index in [2.05, 4.69) is 38.2 Å². The molecule has 0 saturated heterocycles. The largest absolute Gasteiger partial charge is 0.396 e. The van der Waals surface area contributed by atoms with Gasteiger partial charge in [0, 0.05) is 26.6 Å². The molecule has 5 heteroatoms. The number of aliphatic hydroxyl groups excluding tert-OH is 2. The molecule has 0 bridgehead atoms. The third-order valence-electron chi connectivity index (χ3n) is 11.3. The van der Waals surface area contributed by atoms with Crippen molar-refractivity contribution >= 4 is 11.6 Å². The second-order valence-corrected chi connectivity index (χ2v) is 16.3. The molecule has 5 nitrogen and oxygen atoms in total. The lowest BCUT2D eigenvalue weighted by atomic mass is 9.83. The van der Waals surface area contributed by atoms with Gasteiger partial charge in [0.2, 0.25) is 0 Å². The fourth-order valence-corrected chi connectivity index (χ4v) is 7.63. The van der Waals surface area contributed by atoms with Crippen molar-refractivity contribution in [3.63, 3.8) is 0 Å². The molecule has 0 fully saturated rings. The summed E-state index contributed by atoms with van der Waals surface area (Å²) < 4.78 is 5.85. The molecule has 0 aromatic carbocycles. The van der Waals surface area contributed by atoms with Crippen LogP contribution in [0.15, 0.2) is 24.3 Å². The number of Topliss-reactive ketones (excluding diaryl/α,β-unsaturated/α-hetero) is 2. The maximum atomic E-state index is 13.6. The number of carbonyl (C=O) groups is 2. The summed E-state index contributed by atoms with van der Waals surface area (Å²) in [5.74, 6) is -0.970. The van der Waals surface area contributed by atoms with Gasteiger partial charge in [-0.05, 0) is 77.0 Å². The van der Waals surface area contributed by atoms with E-state index in [1.165, 1.54) is 116 Å². The van der Waals surface area contributed by atoms with Crippen molar-refractivity contribution in [3.05, 3.63) is 24.3 Å². The highest BCUT2D eigenvalue weighted by Crippen LogP contribution is 2.25. The van der Waals surface area contributed by atoms with Gasteiger partial charge in [0.25, 0.3) is 0 Å². The van der Waals surface area contributed by atoms with Gasteiger partial charge >= 0.3 is 0 Å². The first-order valence-electron chi connectivity index (χ1n) is 23.7. The minimum absolute atomic E-state index is 0.00567. The Morgan fingerprint density at radius 2 is 0.796 bits per heavy atom. The molecule has 0 aromatic heterocycles. The van der Waals surface area contributed by atoms with Crippen LogP contribution in [0.3, 0.4) is 0 Å². The second-order valence-electron chi connectivity index (χ2n) is 16.3. The number of methoxy groups -OCH3 is 1. The molecule has 0 amide bonds. The van der Waals surface area contributed by atoms with Crippen LogP contribution in [-0.4, -0.2) is 47.7 Å². The fourth-order valence-electron chi connectivity index (χ4n) is 7.63. The molecular formula is C49H92O5. The number of aliphatic hydroxyl groups is 2. The summed E-state index contributed by atoms with van der Waals surface area (Å²) in [6, 6.07) is 0. The van der Waals surface area contributed by atoms with Crippen molar-refractivity contribution < 1.29 is 24.5 Å². The number of rotatable bonds is 44. The highest BCUT2D eigenvalue weighted by molar-refractivity contribution is 5.91. The summed E-state index contributed by atoms with van der Waals surface area (Å²) in [6.45, 7) is 4.79. The number of hydrogen-bond donors (Lipinski definition) is 2. The Bertz CT molecular complexity index is 851. The molecule has 318 valence electrons. The van der Waals surface area contributed by atoms with Crippen LogP contribution in [-0.2, 0) is 14.3 Å². The monoisotopic (exact) mass is 761 g/mol. The zero-order valence-corrected chi connectivity index (χ0v) is 36.3. The second kappa shape index (κ2) is 42.8. The zero-order valence-electron chi connectivity index (χ0n) is 36.3. The first kappa shape index (κ1) is 52.7. The molecule has 0 aromatic rings. The summed E-state index contributed by atoms with van der Waals surface area (Å²) in [5, 5.41) is 20.3. The third kappa shape index (κ3) is 34.0.